The molecule has 0 aliphatic rings. The van der Waals surface area contributed by atoms with Crippen LogP contribution in [0.4, 0.5) is 0 Å². The van der Waals surface area contributed by atoms with Crippen molar-refractivity contribution in [2.24, 2.45) is 5.92 Å². The Hall–Kier alpha value is -1.59. The number of carbonyl (C=O) groups excluding carboxylic acids is 3. The molecule has 0 aliphatic carbocycles. The molecule has 0 unspecified atom stereocenters. The summed E-state index contributed by atoms with van der Waals surface area (Å²) in [5.74, 6) is -0.462. The molecule has 6 nitrogen and oxygen atoms in total. The molecule has 0 radical (unpaired) electrons. The monoisotopic (exact) mass is 300 g/mol. The topological polar surface area (TPSA) is 84.5 Å². The van der Waals surface area contributed by atoms with Crippen LogP contribution in [0, 0.1) is 5.92 Å². The van der Waals surface area contributed by atoms with Gasteiger partial charge in [-0.2, -0.15) is 0 Å². The maximum Gasteiger partial charge on any atom is 0.306 e. The van der Waals surface area contributed by atoms with Gasteiger partial charge in [-0.15, -0.1) is 0 Å². The Bertz CT molecular complexity index is 341. The zero-order chi connectivity index (χ0) is 16.3. The molecule has 21 heavy (non-hydrogen) atoms. The van der Waals surface area contributed by atoms with E-state index in [2.05, 4.69) is 10.6 Å². The Morgan fingerprint density at radius 1 is 0.905 bits per heavy atom. The third-order valence-electron chi connectivity index (χ3n) is 2.67. The minimum Gasteiger partial charge on any atom is -0.463 e. The van der Waals surface area contributed by atoms with Crippen molar-refractivity contribution in [2.75, 3.05) is 13.1 Å². The number of nitrogens with one attached hydrogen (secondary N) is 2. The predicted octanol–water partition coefficient (Wildman–Crippen LogP) is 1.39. The molecule has 0 atom stereocenters. The summed E-state index contributed by atoms with van der Waals surface area (Å²) in [5.41, 5.74) is 0. The van der Waals surface area contributed by atoms with Gasteiger partial charge in [-0.1, -0.05) is 13.8 Å². The summed E-state index contributed by atoms with van der Waals surface area (Å²) in [7, 11) is 0. The van der Waals surface area contributed by atoms with Gasteiger partial charge in [0.1, 0.15) is 0 Å². The highest BCUT2D eigenvalue weighted by Crippen LogP contribution is 1.97. The lowest BCUT2D eigenvalue weighted by Gasteiger charge is -2.09. The Morgan fingerprint density at radius 2 is 1.48 bits per heavy atom. The molecule has 0 spiro atoms. The van der Waals surface area contributed by atoms with Crippen LogP contribution < -0.4 is 10.6 Å². The van der Waals surface area contributed by atoms with Crippen molar-refractivity contribution in [1.29, 1.82) is 0 Å². The smallest absolute Gasteiger partial charge is 0.306 e. The van der Waals surface area contributed by atoms with Gasteiger partial charge in [0.05, 0.1) is 12.5 Å². The molecule has 0 saturated heterocycles. The summed E-state index contributed by atoms with van der Waals surface area (Å²) in [6.45, 7) is 8.41. The van der Waals surface area contributed by atoms with E-state index >= 15 is 0 Å². The van der Waals surface area contributed by atoms with Crippen LogP contribution in [0.2, 0.25) is 0 Å². The fraction of sp³-hybridized carbons (Fsp3) is 0.800. The van der Waals surface area contributed by atoms with Gasteiger partial charge in [0.25, 0.3) is 0 Å². The summed E-state index contributed by atoms with van der Waals surface area (Å²) in [6.07, 6.45) is 1.71. The van der Waals surface area contributed by atoms with Crippen LogP contribution in [-0.2, 0) is 19.1 Å². The van der Waals surface area contributed by atoms with Crippen LogP contribution >= 0.6 is 0 Å². The van der Waals surface area contributed by atoms with E-state index in [0.29, 0.717) is 13.1 Å². The largest absolute Gasteiger partial charge is 0.463 e. The Labute approximate surface area is 127 Å². The second kappa shape index (κ2) is 11.1. The number of rotatable bonds is 10. The second-order valence-corrected chi connectivity index (χ2v) is 5.54. The molecule has 122 valence electrons. The quantitative estimate of drug-likeness (QED) is 0.471. The van der Waals surface area contributed by atoms with Gasteiger partial charge in [-0.05, 0) is 26.7 Å². The Balaban J connectivity index is 3.50. The molecule has 2 N–H and O–H groups in total. The fourth-order valence-corrected chi connectivity index (χ4v) is 1.52. The molecule has 0 fully saturated rings. The molecular weight excluding hydrogens is 272 g/mol. The lowest BCUT2D eigenvalue weighted by molar-refractivity contribution is -0.148. The molecule has 0 heterocycles. The number of hydrogen-bond donors (Lipinski definition) is 2. The molecule has 0 saturated carbocycles. The van der Waals surface area contributed by atoms with Gasteiger partial charge in [-0.25, -0.2) is 0 Å². The zero-order valence-corrected chi connectivity index (χ0v) is 13.5. The third-order valence-corrected chi connectivity index (χ3v) is 2.67. The lowest BCUT2D eigenvalue weighted by atomic mass is 10.2. The highest BCUT2D eigenvalue weighted by atomic mass is 16.5. The first-order valence-electron chi connectivity index (χ1n) is 7.56. The molecule has 6 heteroatoms. The van der Waals surface area contributed by atoms with E-state index in [-0.39, 0.29) is 42.6 Å². The van der Waals surface area contributed by atoms with Crippen LogP contribution in [0.3, 0.4) is 0 Å². The van der Waals surface area contributed by atoms with E-state index < -0.39 is 0 Å². The van der Waals surface area contributed by atoms with Crippen molar-refractivity contribution >= 4 is 17.8 Å². The first-order chi connectivity index (χ1) is 9.82. The highest BCUT2D eigenvalue weighted by molar-refractivity contribution is 5.81. The number of hydrogen-bond acceptors (Lipinski definition) is 4. The molecule has 0 rings (SSSR count). The molecule has 0 aromatic carbocycles. The average molecular weight is 300 g/mol. The van der Waals surface area contributed by atoms with Crippen molar-refractivity contribution in [3.8, 4) is 0 Å². The standard InChI is InChI=1S/C15H28N2O4/c1-11(2)15(20)17-10-6-5-9-16-13(18)7-8-14(19)21-12(3)4/h11-12H,5-10H2,1-4H3,(H,16,18)(H,17,20). The average Bonchev–Trinajstić information content (AvgIpc) is 2.39. The molecule has 0 bridgehead atoms. The van der Waals surface area contributed by atoms with E-state index in [0.717, 1.165) is 12.8 Å². The lowest BCUT2D eigenvalue weighted by Crippen LogP contribution is -2.29. The minimum absolute atomic E-state index is 0.00435. The summed E-state index contributed by atoms with van der Waals surface area (Å²) in [4.78, 5) is 34.0. The number of ether oxygens (including phenoxy) is 1. The molecule has 0 aromatic heterocycles. The maximum atomic E-state index is 11.5. The van der Waals surface area contributed by atoms with E-state index in [1.165, 1.54) is 0 Å². The van der Waals surface area contributed by atoms with Gasteiger partial charge in [0.2, 0.25) is 11.8 Å². The van der Waals surface area contributed by atoms with E-state index in [1.54, 1.807) is 13.8 Å². The van der Waals surface area contributed by atoms with Gasteiger partial charge in [-0.3, -0.25) is 14.4 Å². The van der Waals surface area contributed by atoms with Crippen LogP contribution in [0.15, 0.2) is 0 Å². The van der Waals surface area contributed by atoms with Crippen LogP contribution in [0.1, 0.15) is 53.4 Å². The van der Waals surface area contributed by atoms with Crippen molar-refractivity contribution in [2.45, 2.75) is 59.5 Å². The normalized spacial score (nSPS) is 10.6. The number of esters is 1. The number of unbranched alkanes of at least 4 members (excludes halogenated alkanes) is 1. The Kier molecular flexibility index (Phi) is 10.3. The highest BCUT2D eigenvalue weighted by Gasteiger charge is 2.09. The molecule has 2 amide bonds. The predicted molar refractivity (Wildman–Crippen MR) is 80.6 cm³/mol. The fourth-order valence-electron chi connectivity index (χ4n) is 1.52. The maximum absolute atomic E-state index is 11.5. The van der Waals surface area contributed by atoms with Crippen molar-refractivity contribution < 1.29 is 19.1 Å². The van der Waals surface area contributed by atoms with E-state index in [4.69, 9.17) is 4.74 Å². The van der Waals surface area contributed by atoms with Crippen LogP contribution in [-0.4, -0.2) is 37.0 Å². The van der Waals surface area contributed by atoms with Gasteiger partial charge >= 0.3 is 5.97 Å². The first-order valence-corrected chi connectivity index (χ1v) is 7.56. The second-order valence-electron chi connectivity index (χ2n) is 5.54. The van der Waals surface area contributed by atoms with E-state index in [1.807, 2.05) is 13.8 Å². The molecule has 0 aliphatic heterocycles. The molecular formula is C15H28N2O4. The van der Waals surface area contributed by atoms with Gasteiger partial charge in [0.15, 0.2) is 0 Å². The van der Waals surface area contributed by atoms with Crippen LogP contribution in [0.25, 0.3) is 0 Å². The van der Waals surface area contributed by atoms with Gasteiger partial charge in [0, 0.05) is 25.4 Å². The Morgan fingerprint density at radius 3 is 2.00 bits per heavy atom. The minimum atomic E-state index is -0.350. The number of amides is 2. The summed E-state index contributed by atoms with van der Waals surface area (Å²) in [6, 6.07) is 0. The van der Waals surface area contributed by atoms with E-state index in [9.17, 15) is 14.4 Å². The van der Waals surface area contributed by atoms with Crippen LogP contribution in [0.5, 0.6) is 0 Å². The van der Waals surface area contributed by atoms with Gasteiger partial charge < -0.3 is 15.4 Å². The van der Waals surface area contributed by atoms with Crippen molar-refractivity contribution in [3.63, 3.8) is 0 Å². The summed E-state index contributed by atoms with van der Waals surface area (Å²) < 4.78 is 4.94. The SMILES string of the molecule is CC(C)OC(=O)CCC(=O)NCCCCNC(=O)C(C)C. The number of carbonyl (C=O) groups is 3. The zero-order valence-electron chi connectivity index (χ0n) is 13.5. The third kappa shape index (κ3) is 11.9. The summed E-state index contributed by atoms with van der Waals surface area (Å²) in [5, 5.41) is 5.56. The summed E-state index contributed by atoms with van der Waals surface area (Å²) >= 11 is 0. The van der Waals surface area contributed by atoms with Crippen molar-refractivity contribution in [3.05, 3.63) is 0 Å². The van der Waals surface area contributed by atoms with Crippen molar-refractivity contribution in [1.82, 2.24) is 10.6 Å². The molecule has 0 aromatic rings. The first kappa shape index (κ1) is 19.4.